The van der Waals surface area contributed by atoms with Crippen LogP contribution < -0.4 is 4.74 Å². The van der Waals surface area contributed by atoms with Gasteiger partial charge in [0, 0.05) is 6.54 Å². The second-order valence-electron chi connectivity index (χ2n) is 6.50. The Morgan fingerprint density at radius 2 is 1.83 bits per heavy atom. The molecule has 4 nitrogen and oxygen atoms in total. The maximum atomic E-state index is 12.5. The molecule has 0 amide bonds. The number of hydrogen-bond acceptors (Lipinski definition) is 4. The molecule has 1 aliphatic heterocycles. The first-order valence-electron chi connectivity index (χ1n) is 8.68. The molecular formula is C19H29NO3. The van der Waals surface area contributed by atoms with Gasteiger partial charge in [-0.15, -0.1) is 0 Å². The van der Waals surface area contributed by atoms with Gasteiger partial charge < -0.3 is 9.47 Å². The lowest BCUT2D eigenvalue weighted by atomic mass is 10.0. The van der Waals surface area contributed by atoms with Crippen molar-refractivity contribution in [2.45, 2.75) is 53.1 Å². The van der Waals surface area contributed by atoms with Gasteiger partial charge in [-0.25, -0.2) is 4.79 Å². The number of hydrogen-bond donors (Lipinski definition) is 0. The normalized spacial score (nSPS) is 16.3. The first-order valence-corrected chi connectivity index (χ1v) is 8.68. The van der Waals surface area contributed by atoms with Crippen molar-refractivity contribution >= 4 is 5.97 Å². The average Bonchev–Trinajstić information content (AvgIpc) is 2.96. The van der Waals surface area contributed by atoms with E-state index < -0.39 is 0 Å². The van der Waals surface area contributed by atoms with Crippen LogP contribution >= 0.6 is 0 Å². The highest BCUT2D eigenvalue weighted by Gasteiger charge is 2.20. The molecule has 0 N–H and O–H groups in total. The van der Waals surface area contributed by atoms with Crippen LogP contribution in [0.2, 0.25) is 0 Å². The molecule has 0 aliphatic carbocycles. The zero-order chi connectivity index (χ0) is 16.8. The number of carbonyl (C=O) groups excluding carboxylic acids is 1. The van der Waals surface area contributed by atoms with Gasteiger partial charge in [-0.3, -0.25) is 4.90 Å². The van der Waals surface area contributed by atoms with E-state index in [9.17, 15) is 4.79 Å². The van der Waals surface area contributed by atoms with Crippen molar-refractivity contribution in [1.29, 1.82) is 0 Å². The lowest BCUT2D eigenvalue weighted by Crippen LogP contribution is -2.31. The molecule has 0 saturated carbocycles. The summed E-state index contributed by atoms with van der Waals surface area (Å²) in [6, 6.07) is 3.84. The number of rotatable bonds is 7. The minimum absolute atomic E-state index is 0.0876. The number of likely N-dealkylation sites (tertiary alicyclic amines) is 1. The third kappa shape index (κ3) is 4.96. The van der Waals surface area contributed by atoms with E-state index in [1.165, 1.54) is 12.8 Å². The molecule has 1 atom stereocenters. The van der Waals surface area contributed by atoms with Crippen molar-refractivity contribution < 1.29 is 14.3 Å². The number of benzene rings is 1. The maximum Gasteiger partial charge on any atom is 0.338 e. The van der Waals surface area contributed by atoms with Crippen LogP contribution in [0, 0.1) is 13.8 Å². The van der Waals surface area contributed by atoms with Crippen LogP contribution in [0.25, 0.3) is 0 Å². The second-order valence-corrected chi connectivity index (χ2v) is 6.50. The molecule has 4 heteroatoms. The van der Waals surface area contributed by atoms with Gasteiger partial charge in [-0.1, -0.05) is 6.92 Å². The molecule has 0 aromatic heterocycles. The van der Waals surface area contributed by atoms with Gasteiger partial charge in [-0.2, -0.15) is 0 Å². The predicted octanol–water partition coefficient (Wildman–Crippen LogP) is 3.73. The van der Waals surface area contributed by atoms with Crippen molar-refractivity contribution in [2.75, 3.05) is 26.2 Å². The van der Waals surface area contributed by atoms with Gasteiger partial charge in [0.1, 0.15) is 11.9 Å². The number of aryl methyl sites for hydroxylation is 2. The Morgan fingerprint density at radius 3 is 2.39 bits per heavy atom. The van der Waals surface area contributed by atoms with Crippen molar-refractivity contribution in [3.8, 4) is 5.75 Å². The highest BCUT2D eigenvalue weighted by Crippen LogP contribution is 2.23. The van der Waals surface area contributed by atoms with E-state index in [4.69, 9.17) is 9.47 Å². The number of ether oxygens (including phenoxy) is 2. The van der Waals surface area contributed by atoms with E-state index in [-0.39, 0.29) is 12.1 Å². The molecule has 1 saturated heterocycles. The third-order valence-electron chi connectivity index (χ3n) is 4.21. The third-order valence-corrected chi connectivity index (χ3v) is 4.21. The Bertz CT molecular complexity index is 512. The largest absolute Gasteiger partial charge is 0.494 e. The molecule has 1 aromatic rings. The van der Waals surface area contributed by atoms with Crippen LogP contribution in [0.15, 0.2) is 12.1 Å². The second kappa shape index (κ2) is 8.34. The molecule has 23 heavy (non-hydrogen) atoms. The fourth-order valence-electron chi connectivity index (χ4n) is 3.16. The highest BCUT2D eigenvalue weighted by atomic mass is 16.5. The lowest BCUT2D eigenvalue weighted by Gasteiger charge is -2.21. The fraction of sp³-hybridized carbons (Fsp3) is 0.632. The minimum atomic E-state index is -0.228. The Labute approximate surface area is 139 Å². The van der Waals surface area contributed by atoms with E-state index in [0.717, 1.165) is 42.9 Å². The molecule has 1 unspecified atom stereocenters. The van der Waals surface area contributed by atoms with Gasteiger partial charge >= 0.3 is 5.97 Å². The SMILES string of the molecule is CCCOc1cc(C)c(C(=O)OC(C)CN2CCCC2)c(C)c1. The Morgan fingerprint density at radius 1 is 1.22 bits per heavy atom. The van der Waals surface area contributed by atoms with Gasteiger partial charge in [0.15, 0.2) is 0 Å². The van der Waals surface area contributed by atoms with Crippen molar-refractivity contribution in [1.82, 2.24) is 4.90 Å². The van der Waals surface area contributed by atoms with Crippen LogP contribution in [0.3, 0.4) is 0 Å². The fourth-order valence-corrected chi connectivity index (χ4v) is 3.16. The van der Waals surface area contributed by atoms with Crippen molar-refractivity contribution in [3.63, 3.8) is 0 Å². The molecule has 0 spiro atoms. The molecule has 1 fully saturated rings. The van der Waals surface area contributed by atoms with E-state index in [1.54, 1.807) is 0 Å². The summed E-state index contributed by atoms with van der Waals surface area (Å²) in [6.45, 7) is 11.7. The van der Waals surface area contributed by atoms with Crippen molar-refractivity contribution in [3.05, 3.63) is 28.8 Å². The average molecular weight is 319 g/mol. The molecular weight excluding hydrogens is 290 g/mol. The van der Waals surface area contributed by atoms with E-state index in [0.29, 0.717) is 12.2 Å². The summed E-state index contributed by atoms with van der Waals surface area (Å²) >= 11 is 0. The van der Waals surface area contributed by atoms with Crippen LogP contribution in [-0.4, -0.2) is 43.2 Å². The smallest absolute Gasteiger partial charge is 0.338 e. The Kier molecular flexibility index (Phi) is 6.46. The molecule has 1 heterocycles. The highest BCUT2D eigenvalue weighted by molar-refractivity contribution is 5.93. The first kappa shape index (κ1) is 17.8. The van der Waals surface area contributed by atoms with Crippen LogP contribution in [0.4, 0.5) is 0 Å². The molecule has 1 aliphatic rings. The quantitative estimate of drug-likeness (QED) is 0.718. The molecule has 2 rings (SSSR count). The monoisotopic (exact) mass is 319 g/mol. The summed E-state index contributed by atoms with van der Waals surface area (Å²) in [5, 5.41) is 0. The number of nitrogens with zero attached hydrogens (tertiary/aromatic N) is 1. The summed E-state index contributed by atoms with van der Waals surface area (Å²) < 4.78 is 11.3. The van der Waals surface area contributed by atoms with Crippen LogP contribution in [0.1, 0.15) is 54.6 Å². The van der Waals surface area contributed by atoms with E-state index in [2.05, 4.69) is 11.8 Å². The summed E-state index contributed by atoms with van der Waals surface area (Å²) in [4.78, 5) is 14.9. The van der Waals surface area contributed by atoms with Crippen LogP contribution in [-0.2, 0) is 4.74 Å². The standard InChI is InChI=1S/C19H29NO3/c1-5-10-22-17-11-14(2)18(15(3)12-17)19(21)23-16(4)13-20-8-6-7-9-20/h11-12,16H,5-10,13H2,1-4H3. The van der Waals surface area contributed by atoms with E-state index in [1.807, 2.05) is 32.9 Å². The Balaban J connectivity index is 2.00. The summed E-state index contributed by atoms with van der Waals surface area (Å²) in [5.74, 6) is 0.595. The number of esters is 1. The Hall–Kier alpha value is -1.55. The maximum absolute atomic E-state index is 12.5. The first-order chi connectivity index (χ1) is 11.0. The minimum Gasteiger partial charge on any atom is -0.494 e. The van der Waals surface area contributed by atoms with Gasteiger partial charge in [0.2, 0.25) is 0 Å². The number of carbonyl (C=O) groups is 1. The molecule has 128 valence electrons. The van der Waals surface area contributed by atoms with Gasteiger partial charge in [-0.05, 0) is 76.4 Å². The van der Waals surface area contributed by atoms with Gasteiger partial charge in [0.05, 0.1) is 12.2 Å². The topological polar surface area (TPSA) is 38.8 Å². The zero-order valence-corrected chi connectivity index (χ0v) is 14.9. The zero-order valence-electron chi connectivity index (χ0n) is 14.9. The van der Waals surface area contributed by atoms with Crippen LogP contribution in [0.5, 0.6) is 5.75 Å². The molecule has 0 radical (unpaired) electrons. The van der Waals surface area contributed by atoms with E-state index >= 15 is 0 Å². The lowest BCUT2D eigenvalue weighted by molar-refractivity contribution is 0.0269. The van der Waals surface area contributed by atoms with Gasteiger partial charge in [0.25, 0.3) is 0 Å². The summed E-state index contributed by atoms with van der Waals surface area (Å²) in [7, 11) is 0. The predicted molar refractivity (Wildman–Crippen MR) is 92.3 cm³/mol. The van der Waals surface area contributed by atoms with Crippen molar-refractivity contribution in [2.24, 2.45) is 0 Å². The summed E-state index contributed by atoms with van der Waals surface area (Å²) in [5.41, 5.74) is 2.49. The summed E-state index contributed by atoms with van der Waals surface area (Å²) in [6.07, 6.45) is 3.38. The molecule has 1 aromatic carbocycles. The molecule has 0 bridgehead atoms.